The summed E-state index contributed by atoms with van der Waals surface area (Å²) in [5.41, 5.74) is 3.10. The number of fused-ring (bicyclic) bond motifs is 1. The Bertz CT molecular complexity index is 1350. The highest BCUT2D eigenvalue weighted by Gasteiger charge is 2.39. The molecule has 3 aromatic carbocycles. The summed E-state index contributed by atoms with van der Waals surface area (Å²) in [4.78, 5) is 22.8. The summed E-state index contributed by atoms with van der Waals surface area (Å²) < 4.78 is 7.05. The number of ether oxygens (including phenoxy) is 1. The van der Waals surface area contributed by atoms with Crippen LogP contribution in [0.5, 0.6) is 5.75 Å². The summed E-state index contributed by atoms with van der Waals surface area (Å²) in [7, 11) is 1.62. The van der Waals surface area contributed by atoms with Crippen molar-refractivity contribution in [3.63, 3.8) is 0 Å². The fraction of sp³-hybridized carbons (Fsp3) is 0.154. The molecular formula is C26H22ClN5O2. The van der Waals surface area contributed by atoms with E-state index in [1.807, 2.05) is 73.7 Å². The second-order valence-electron chi connectivity index (χ2n) is 7.99. The first-order valence-corrected chi connectivity index (χ1v) is 11.2. The molecule has 1 aromatic heterocycles. The van der Waals surface area contributed by atoms with Crippen LogP contribution in [0, 0.1) is 5.92 Å². The van der Waals surface area contributed by atoms with Gasteiger partial charge < -0.3 is 10.1 Å². The molecule has 5 rings (SSSR count). The minimum atomic E-state index is -0.583. The van der Waals surface area contributed by atoms with Crippen LogP contribution in [0.4, 0.5) is 11.6 Å². The van der Waals surface area contributed by atoms with Crippen LogP contribution in [0.15, 0.2) is 83.9 Å². The first kappa shape index (κ1) is 21.9. The Labute approximate surface area is 202 Å². The third kappa shape index (κ3) is 4.18. The van der Waals surface area contributed by atoms with E-state index in [-0.39, 0.29) is 5.91 Å². The lowest BCUT2D eigenvalue weighted by molar-refractivity contribution is -0.118. The van der Waals surface area contributed by atoms with Crippen molar-refractivity contribution in [2.24, 2.45) is 10.9 Å². The van der Waals surface area contributed by atoms with Crippen LogP contribution in [0.3, 0.4) is 0 Å². The molecule has 4 aromatic rings. The van der Waals surface area contributed by atoms with Gasteiger partial charge >= 0.3 is 0 Å². The SMILES string of the molecule is COc1ccc(C2C(C(=O)Nc3ccccc3)C(C)=Nc3nc(-c4ccc(Cl)cc4)nn32)cc1. The lowest BCUT2D eigenvalue weighted by atomic mass is 9.87. The van der Waals surface area contributed by atoms with Gasteiger partial charge in [-0.2, -0.15) is 4.98 Å². The first-order valence-electron chi connectivity index (χ1n) is 10.8. The number of hydrogen-bond donors (Lipinski definition) is 1. The molecule has 0 radical (unpaired) electrons. The number of halogens is 1. The molecule has 1 N–H and O–H groups in total. The number of aromatic nitrogens is 3. The number of methoxy groups -OCH3 is 1. The average molecular weight is 472 g/mol. The van der Waals surface area contributed by atoms with Gasteiger partial charge in [-0.05, 0) is 61.0 Å². The van der Waals surface area contributed by atoms with Crippen molar-refractivity contribution in [2.45, 2.75) is 13.0 Å². The zero-order valence-electron chi connectivity index (χ0n) is 18.6. The van der Waals surface area contributed by atoms with Gasteiger partial charge in [0.2, 0.25) is 11.9 Å². The minimum Gasteiger partial charge on any atom is -0.497 e. The molecule has 8 heteroatoms. The van der Waals surface area contributed by atoms with Gasteiger partial charge in [0.25, 0.3) is 0 Å². The van der Waals surface area contributed by atoms with Crippen LogP contribution in [-0.2, 0) is 4.79 Å². The number of carbonyl (C=O) groups is 1. The summed E-state index contributed by atoms with van der Waals surface area (Å²) in [5, 5.41) is 8.42. The molecule has 0 bridgehead atoms. The third-order valence-electron chi connectivity index (χ3n) is 5.80. The van der Waals surface area contributed by atoms with Crippen molar-refractivity contribution in [3.8, 4) is 17.1 Å². The van der Waals surface area contributed by atoms with Gasteiger partial charge in [-0.3, -0.25) is 4.79 Å². The summed E-state index contributed by atoms with van der Waals surface area (Å²) in [5.74, 6) is 0.956. The third-order valence-corrected chi connectivity index (χ3v) is 6.05. The highest BCUT2D eigenvalue weighted by Crippen LogP contribution is 2.38. The second kappa shape index (κ2) is 9.11. The molecule has 2 atom stereocenters. The Morgan fingerprint density at radius 2 is 1.71 bits per heavy atom. The molecule has 0 saturated heterocycles. The molecule has 0 saturated carbocycles. The normalized spacial score (nSPS) is 17.0. The molecule has 34 heavy (non-hydrogen) atoms. The number of carbonyl (C=O) groups excluding carboxylic acids is 1. The fourth-order valence-corrected chi connectivity index (χ4v) is 4.23. The van der Waals surface area contributed by atoms with E-state index >= 15 is 0 Å². The number of nitrogens with zero attached hydrogens (tertiary/aromatic N) is 4. The van der Waals surface area contributed by atoms with Gasteiger partial charge in [-0.25, -0.2) is 9.67 Å². The monoisotopic (exact) mass is 471 g/mol. The van der Waals surface area contributed by atoms with Gasteiger partial charge in [0.1, 0.15) is 11.7 Å². The van der Waals surface area contributed by atoms with Crippen molar-refractivity contribution in [1.82, 2.24) is 14.8 Å². The molecule has 1 aliphatic rings. The van der Waals surface area contributed by atoms with Crippen LogP contribution >= 0.6 is 11.6 Å². The van der Waals surface area contributed by atoms with Crippen molar-refractivity contribution in [1.29, 1.82) is 0 Å². The zero-order chi connectivity index (χ0) is 23.7. The Balaban J connectivity index is 1.59. The minimum absolute atomic E-state index is 0.164. The Morgan fingerprint density at radius 1 is 1.00 bits per heavy atom. The standard InChI is InChI=1S/C26H22ClN5O2/c1-16-22(25(33)29-20-6-4-3-5-7-20)23(17-10-14-21(34-2)15-11-17)32-26(28-16)30-24(31-32)18-8-12-19(27)13-9-18/h3-15,22-23H,1-2H3,(H,29,33). The van der Waals surface area contributed by atoms with Gasteiger partial charge in [-0.1, -0.05) is 41.9 Å². The number of rotatable bonds is 5. The average Bonchev–Trinajstić information content (AvgIpc) is 3.27. The van der Waals surface area contributed by atoms with Crippen LogP contribution < -0.4 is 10.1 Å². The van der Waals surface area contributed by atoms with Crippen LogP contribution in [0.25, 0.3) is 11.4 Å². The molecule has 7 nitrogen and oxygen atoms in total. The van der Waals surface area contributed by atoms with E-state index in [4.69, 9.17) is 21.4 Å². The quantitative estimate of drug-likeness (QED) is 0.413. The fourth-order valence-electron chi connectivity index (χ4n) is 4.11. The van der Waals surface area contributed by atoms with E-state index in [9.17, 15) is 4.79 Å². The number of benzene rings is 3. The highest BCUT2D eigenvalue weighted by molar-refractivity contribution is 6.30. The number of hydrogen-bond acceptors (Lipinski definition) is 5. The number of amides is 1. The van der Waals surface area contributed by atoms with E-state index < -0.39 is 12.0 Å². The van der Waals surface area contributed by atoms with Gasteiger partial charge in [0.15, 0.2) is 5.82 Å². The number of anilines is 1. The predicted molar refractivity (Wildman–Crippen MR) is 133 cm³/mol. The van der Waals surface area contributed by atoms with Crippen LogP contribution in [0.1, 0.15) is 18.5 Å². The molecule has 170 valence electrons. The van der Waals surface area contributed by atoms with Crippen molar-refractivity contribution in [3.05, 3.63) is 89.4 Å². The molecular weight excluding hydrogens is 450 g/mol. The number of nitrogens with one attached hydrogen (secondary N) is 1. The van der Waals surface area contributed by atoms with Crippen LogP contribution in [-0.4, -0.2) is 33.5 Å². The number of para-hydroxylation sites is 1. The number of aliphatic imine (C=N–C) groups is 1. The van der Waals surface area contributed by atoms with Gasteiger partial charge in [0, 0.05) is 22.0 Å². The van der Waals surface area contributed by atoms with Crippen molar-refractivity contribution in [2.75, 3.05) is 12.4 Å². The van der Waals surface area contributed by atoms with E-state index in [0.717, 1.165) is 22.6 Å². The first-order chi connectivity index (χ1) is 16.5. The van der Waals surface area contributed by atoms with Gasteiger partial charge in [-0.15, -0.1) is 5.10 Å². The van der Waals surface area contributed by atoms with Crippen molar-refractivity contribution >= 4 is 34.9 Å². The molecule has 2 unspecified atom stereocenters. The second-order valence-corrected chi connectivity index (χ2v) is 8.43. The molecule has 1 aliphatic heterocycles. The molecule has 1 amide bonds. The topological polar surface area (TPSA) is 81.4 Å². The molecule has 0 fully saturated rings. The van der Waals surface area contributed by atoms with Crippen LogP contribution in [0.2, 0.25) is 5.02 Å². The summed E-state index contributed by atoms with van der Waals surface area (Å²) >= 11 is 6.05. The Morgan fingerprint density at radius 3 is 2.38 bits per heavy atom. The largest absolute Gasteiger partial charge is 0.497 e. The van der Waals surface area contributed by atoms with Crippen molar-refractivity contribution < 1.29 is 9.53 Å². The zero-order valence-corrected chi connectivity index (χ0v) is 19.4. The lowest BCUT2D eigenvalue weighted by Gasteiger charge is -2.30. The van der Waals surface area contributed by atoms with E-state index in [0.29, 0.717) is 22.5 Å². The molecule has 0 aliphatic carbocycles. The molecule has 0 spiro atoms. The van der Waals surface area contributed by atoms with Gasteiger partial charge in [0.05, 0.1) is 13.2 Å². The van der Waals surface area contributed by atoms with E-state index in [1.54, 1.807) is 23.9 Å². The Hall–Kier alpha value is -3.97. The molecule has 2 heterocycles. The Kier molecular flexibility index (Phi) is 5.86. The highest BCUT2D eigenvalue weighted by atomic mass is 35.5. The van der Waals surface area contributed by atoms with E-state index in [2.05, 4.69) is 15.3 Å². The maximum atomic E-state index is 13.5. The lowest BCUT2D eigenvalue weighted by Crippen LogP contribution is -2.39. The summed E-state index contributed by atoms with van der Waals surface area (Å²) in [6.07, 6.45) is 0. The maximum absolute atomic E-state index is 13.5. The summed E-state index contributed by atoms with van der Waals surface area (Å²) in [6.45, 7) is 1.85. The maximum Gasteiger partial charge on any atom is 0.248 e. The summed E-state index contributed by atoms with van der Waals surface area (Å²) in [6, 6.07) is 23.9. The smallest absolute Gasteiger partial charge is 0.248 e. The predicted octanol–water partition coefficient (Wildman–Crippen LogP) is 5.56. The van der Waals surface area contributed by atoms with E-state index in [1.165, 1.54) is 0 Å².